The van der Waals surface area contributed by atoms with E-state index in [0.717, 1.165) is 32.5 Å². The molecule has 7 rings (SSSR count). The van der Waals surface area contributed by atoms with Gasteiger partial charge < -0.3 is 19.7 Å². The van der Waals surface area contributed by atoms with Gasteiger partial charge in [-0.05, 0) is 165 Å². The molecule has 0 amide bonds. The Bertz CT molecular complexity index is 1490. The van der Waals surface area contributed by atoms with Crippen LogP contribution in [0, 0.1) is 56.7 Å². The number of hydroxylamine groups is 1. The van der Waals surface area contributed by atoms with Crippen molar-refractivity contribution in [2.45, 2.75) is 106 Å². The summed E-state index contributed by atoms with van der Waals surface area (Å²) in [5, 5.41) is 9.50. The van der Waals surface area contributed by atoms with E-state index in [4.69, 9.17) is 4.84 Å². The molecule has 4 unspecified atom stereocenters. The normalized spacial score (nSPS) is 40.8. The first-order chi connectivity index (χ1) is 24.2. The highest BCUT2D eigenvalue weighted by atomic mass is 16.6. The maximum Gasteiger partial charge on any atom is 0.335 e. The summed E-state index contributed by atoms with van der Waals surface area (Å²) in [5.74, 6) is 2.43. The van der Waals surface area contributed by atoms with Crippen molar-refractivity contribution >= 4 is 11.5 Å². The van der Waals surface area contributed by atoms with Crippen LogP contribution >= 0.6 is 0 Å². The second kappa shape index (κ2) is 13.7. The lowest BCUT2D eigenvalue weighted by Crippen LogP contribution is -2.65. The largest absolute Gasteiger partial charge is 0.478 e. The van der Waals surface area contributed by atoms with Crippen molar-refractivity contribution in [3.8, 4) is 0 Å². The molecule has 6 aliphatic rings. The van der Waals surface area contributed by atoms with Crippen LogP contribution in [0.2, 0.25) is 0 Å². The number of allylic oxidation sites excluding steroid dienone is 3. The fraction of sp³-hybridized carbons (Fsp3) is 0.756. The number of nitrogens with zero attached hydrogens (tertiary/aromatic N) is 2. The standard InChI is InChI=1S/C45H69N3O3/c1-31(2)34-16-21-45(30-51-46-24-9-25-48-28-26-47(8)27-29-48)23-22-43(6)36(39(34)45)14-15-38-42(5)19-17-35(32-10-12-33(13-11-32)40(49)50)41(3,4)37(42)18-20-44(38,43)7/h10-13,17,34,36-39,46H,1,9,14-16,18-30H2,2-8H3,(H,49,50)/t34-,36?,37?,38?,39?,42-,43+,44+,45+/m0/s1. The van der Waals surface area contributed by atoms with Gasteiger partial charge in [-0.1, -0.05) is 65.0 Å². The van der Waals surface area contributed by atoms with Crippen LogP contribution in [0.25, 0.3) is 5.57 Å². The maximum atomic E-state index is 11.6. The number of aromatic carboxylic acids is 1. The molecule has 9 atom stereocenters. The molecular weight excluding hydrogens is 631 g/mol. The number of rotatable bonds is 10. The number of carbonyl (C=O) groups is 1. The van der Waals surface area contributed by atoms with Crippen LogP contribution < -0.4 is 5.48 Å². The molecule has 6 heteroatoms. The summed E-state index contributed by atoms with van der Waals surface area (Å²) in [4.78, 5) is 23.1. The van der Waals surface area contributed by atoms with Crippen molar-refractivity contribution in [2.24, 2.45) is 56.7 Å². The number of piperazine rings is 1. The molecule has 282 valence electrons. The zero-order chi connectivity index (χ0) is 36.4. The van der Waals surface area contributed by atoms with Gasteiger partial charge in [0.15, 0.2) is 0 Å². The number of fused-ring (bicyclic) bond motifs is 7. The van der Waals surface area contributed by atoms with Gasteiger partial charge in [0.25, 0.3) is 0 Å². The van der Waals surface area contributed by atoms with Gasteiger partial charge in [0.05, 0.1) is 12.2 Å². The fourth-order valence-corrected chi connectivity index (χ4v) is 14.1. The summed E-state index contributed by atoms with van der Waals surface area (Å²) in [6.07, 6.45) is 15.2. The van der Waals surface area contributed by atoms with E-state index in [2.05, 4.69) is 76.5 Å². The van der Waals surface area contributed by atoms with E-state index in [1.165, 1.54) is 94.3 Å². The molecule has 5 aliphatic carbocycles. The van der Waals surface area contributed by atoms with Crippen LogP contribution in [0.4, 0.5) is 0 Å². The molecule has 51 heavy (non-hydrogen) atoms. The molecule has 1 aliphatic heterocycles. The molecule has 0 bridgehead atoms. The number of hydrogen-bond acceptors (Lipinski definition) is 5. The van der Waals surface area contributed by atoms with Crippen molar-refractivity contribution in [1.29, 1.82) is 0 Å². The van der Waals surface area contributed by atoms with E-state index in [1.54, 1.807) is 12.1 Å². The zero-order valence-corrected chi connectivity index (χ0v) is 33.2. The van der Waals surface area contributed by atoms with Crippen LogP contribution in [0.5, 0.6) is 0 Å². The minimum Gasteiger partial charge on any atom is -0.478 e. The molecule has 0 spiro atoms. The van der Waals surface area contributed by atoms with Crippen LogP contribution in [-0.4, -0.2) is 73.8 Å². The Morgan fingerprint density at radius 1 is 0.922 bits per heavy atom. The SMILES string of the molecule is C=C(C)[C@@H]1CC[C@]2(CONCCCN3CCN(C)CC3)CC[C@]3(C)C(CCC4[C@@]5(C)CC=C(c6ccc(C(=O)O)cc6)C(C)(C)C5CC[C@]43C)C12. The molecule has 1 saturated heterocycles. The third-order valence-corrected chi connectivity index (χ3v) is 17.1. The predicted octanol–water partition coefficient (Wildman–Crippen LogP) is 9.19. The highest BCUT2D eigenvalue weighted by Gasteiger charge is 2.70. The average Bonchev–Trinajstić information content (AvgIpc) is 3.47. The van der Waals surface area contributed by atoms with Crippen molar-refractivity contribution < 1.29 is 14.7 Å². The molecule has 6 nitrogen and oxygen atoms in total. The van der Waals surface area contributed by atoms with E-state index in [1.807, 2.05) is 12.1 Å². The van der Waals surface area contributed by atoms with Gasteiger partial charge in [-0.3, -0.25) is 0 Å². The third-order valence-electron chi connectivity index (χ3n) is 17.1. The van der Waals surface area contributed by atoms with Gasteiger partial charge in [0.2, 0.25) is 0 Å². The summed E-state index contributed by atoms with van der Waals surface area (Å²) in [6, 6.07) is 7.65. The second-order valence-corrected chi connectivity index (χ2v) is 19.7. The first-order valence-corrected chi connectivity index (χ1v) is 20.6. The monoisotopic (exact) mass is 700 g/mol. The summed E-state index contributed by atoms with van der Waals surface area (Å²) >= 11 is 0. The van der Waals surface area contributed by atoms with Crippen LogP contribution in [0.1, 0.15) is 122 Å². The summed E-state index contributed by atoms with van der Waals surface area (Å²) in [7, 11) is 2.23. The van der Waals surface area contributed by atoms with Gasteiger partial charge in [0, 0.05) is 32.7 Å². The Kier molecular flexibility index (Phi) is 10.0. The zero-order valence-electron chi connectivity index (χ0n) is 33.2. The van der Waals surface area contributed by atoms with Gasteiger partial charge in [-0.2, -0.15) is 0 Å². The van der Waals surface area contributed by atoms with E-state index >= 15 is 0 Å². The lowest BCUT2D eigenvalue weighted by molar-refractivity contribution is -0.231. The smallest absolute Gasteiger partial charge is 0.335 e. The molecule has 2 N–H and O–H groups in total. The average molecular weight is 700 g/mol. The topological polar surface area (TPSA) is 65.0 Å². The Hall–Kier alpha value is -1.99. The molecule has 1 aromatic rings. The quantitative estimate of drug-likeness (QED) is 0.144. The lowest BCUT2D eigenvalue weighted by atomic mass is 9.32. The second-order valence-electron chi connectivity index (χ2n) is 19.7. The number of carboxylic acid groups (broad SMARTS) is 1. The van der Waals surface area contributed by atoms with Gasteiger partial charge in [0.1, 0.15) is 0 Å². The van der Waals surface area contributed by atoms with Gasteiger partial charge in [-0.25, -0.2) is 10.3 Å². The number of hydrogen-bond donors (Lipinski definition) is 2. The predicted molar refractivity (Wildman–Crippen MR) is 208 cm³/mol. The van der Waals surface area contributed by atoms with Crippen molar-refractivity contribution in [1.82, 2.24) is 15.3 Å². The minimum atomic E-state index is -0.856. The number of nitrogens with one attached hydrogen (secondary N) is 1. The molecule has 0 aromatic heterocycles. The number of likely N-dealkylation sites (N-methyl/N-ethyl adjacent to an activating group) is 1. The molecule has 1 aromatic carbocycles. The Morgan fingerprint density at radius 3 is 2.33 bits per heavy atom. The van der Waals surface area contributed by atoms with Crippen molar-refractivity contribution in [3.63, 3.8) is 0 Å². The Labute approximate surface area is 309 Å². The summed E-state index contributed by atoms with van der Waals surface area (Å²) in [6.45, 7) is 27.7. The van der Waals surface area contributed by atoms with Crippen LogP contribution in [0.15, 0.2) is 42.5 Å². The van der Waals surface area contributed by atoms with Crippen molar-refractivity contribution in [3.05, 3.63) is 53.6 Å². The fourth-order valence-electron chi connectivity index (χ4n) is 14.1. The molecule has 1 heterocycles. The Balaban J connectivity index is 1.08. The Morgan fingerprint density at radius 2 is 1.65 bits per heavy atom. The highest BCUT2D eigenvalue weighted by molar-refractivity contribution is 5.88. The van der Waals surface area contributed by atoms with Crippen LogP contribution in [-0.2, 0) is 4.84 Å². The molecule has 4 saturated carbocycles. The molecule has 5 fully saturated rings. The van der Waals surface area contributed by atoms with E-state index in [-0.39, 0.29) is 16.2 Å². The van der Waals surface area contributed by atoms with Crippen LogP contribution in [0.3, 0.4) is 0 Å². The first-order valence-electron chi connectivity index (χ1n) is 20.6. The summed E-state index contributed by atoms with van der Waals surface area (Å²) < 4.78 is 0. The molecular formula is C45H69N3O3. The van der Waals surface area contributed by atoms with Gasteiger partial charge >= 0.3 is 5.97 Å². The highest BCUT2D eigenvalue weighted by Crippen LogP contribution is 2.77. The molecule has 0 radical (unpaired) electrons. The number of carboxylic acids is 1. The first kappa shape index (κ1) is 37.3. The lowest BCUT2D eigenvalue weighted by Gasteiger charge is -2.72. The maximum absolute atomic E-state index is 11.6. The van der Waals surface area contributed by atoms with Gasteiger partial charge in [-0.15, -0.1) is 0 Å². The van der Waals surface area contributed by atoms with Crippen molar-refractivity contribution in [2.75, 3.05) is 52.9 Å². The third kappa shape index (κ3) is 6.11. The number of benzene rings is 1. The minimum absolute atomic E-state index is 0.0316. The van der Waals surface area contributed by atoms with E-state index < -0.39 is 5.97 Å². The van der Waals surface area contributed by atoms with E-state index in [9.17, 15) is 9.90 Å². The van der Waals surface area contributed by atoms with E-state index in [0.29, 0.717) is 46.0 Å². The summed E-state index contributed by atoms with van der Waals surface area (Å²) in [5.41, 5.74) is 8.97.